The quantitative estimate of drug-likeness (QED) is 0.810. The first kappa shape index (κ1) is 20.2. The molecule has 1 fully saturated rings. The Morgan fingerprint density at radius 1 is 1.04 bits per heavy atom. The summed E-state index contributed by atoms with van der Waals surface area (Å²) < 4.78 is 0. The van der Waals surface area contributed by atoms with Gasteiger partial charge in [-0.05, 0) is 48.9 Å². The summed E-state index contributed by atoms with van der Waals surface area (Å²) in [7, 11) is 1.59. The SMILES string of the molecule is CNC(=O)c1ccc(NC(=O)CN2CCN(c3cc(Cl)ccc3C)CC2)cc1. The summed E-state index contributed by atoms with van der Waals surface area (Å²) in [5.74, 6) is -0.203. The molecule has 0 spiro atoms. The molecule has 0 aliphatic carbocycles. The van der Waals surface area contributed by atoms with E-state index in [0.717, 1.165) is 36.9 Å². The largest absolute Gasteiger partial charge is 0.369 e. The molecule has 148 valence electrons. The maximum atomic E-state index is 12.3. The van der Waals surface area contributed by atoms with E-state index in [2.05, 4.69) is 27.4 Å². The van der Waals surface area contributed by atoms with E-state index in [1.165, 1.54) is 5.56 Å². The Balaban J connectivity index is 1.50. The first-order valence-corrected chi connectivity index (χ1v) is 9.69. The van der Waals surface area contributed by atoms with Crippen LogP contribution in [0.25, 0.3) is 0 Å². The summed E-state index contributed by atoms with van der Waals surface area (Å²) in [6.45, 7) is 5.77. The van der Waals surface area contributed by atoms with Crippen LogP contribution in [-0.2, 0) is 4.79 Å². The Labute approximate surface area is 170 Å². The van der Waals surface area contributed by atoms with Gasteiger partial charge in [0.1, 0.15) is 0 Å². The molecule has 1 aliphatic heterocycles. The molecule has 2 aromatic rings. The Kier molecular flexibility index (Phi) is 6.54. The standard InChI is InChI=1S/C21H25ClN4O2/c1-15-3-6-17(22)13-19(15)26-11-9-25(10-12-26)14-20(27)24-18-7-4-16(5-8-18)21(28)23-2/h3-8,13H,9-12,14H2,1-2H3,(H,23,28)(H,24,27). The lowest BCUT2D eigenvalue weighted by Crippen LogP contribution is -2.48. The molecule has 0 radical (unpaired) electrons. The van der Waals surface area contributed by atoms with Gasteiger partial charge in [0.15, 0.2) is 0 Å². The van der Waals surface area contributed by atoms with Crippen LogP contribution < -0.4 is 15.5 Å². The Morgan fingerprint density at radius 3 is 2.36 bits per heavy atom. The van der Waals surface area contributed by atoms with Gasteiger partial charge < -0.3 is 15.5 Å². The minimum absolute atomic E-state index is 0.0555. The second-order valence-electron chi connectivity index (χ2n) is 6.90. The molecule has 0 unspecified atom stereocenters. The third-order valence-electron chi connectivity index (χ3n) is 4.91. The monoisotopic (exact) mass is 400 g/mol. The second-order valence-corrected chi connectivity index (χ2v) is 7.34. The smallest absolute Gasteiger partial charge is 0.251 e. The molecule has 28 heavy (non-hydrogen) atoms. The van der Waals surface area contributed by atoms with Crippen LogP contribution in [0.2, 0.25) is 5.02 Å². The van der Waals surface area contributed by atoms with Gasteiger partial charge in [-0.15, -0.1) is 0 Å². The van der Waals surface area contributed by atoms with Gasteiger partial charge in [0.05, 0.1) is 6.54 Å². The highest BCUT2D eigenvalue weighted by atomic mass is 35.5. The fraction of sp³-hybridized carbons (Fsp3) is 0.333. The van der Waals surface area contributed by atoms with Gasteiger partial charge in [-0.25, -0.2) is 0 Å². The summed E-state index contributed by atoms with van der Waals surface area (Å²) in [6, 6.07) is 12.8. The van der Waals surface area contributed by atoms with Gasteiger partial charge in [0.25, 0.3) is 5.91 Å². The Hall–Kier alpha value is -2.57. The van der Waals surface area contributed by atoms with Crippen molar-refractivity contribution in [3.63, 3.8) is 0 Å². The zero-order valence-electron chi connectivity index (χ0n) is 16.2. The Bertz CT molecular complexity index is 846. The van der Waals surface area contributed by atoms with Crippen molar-refractivity contribution in [3.05, 3.63) is 58.6 Å². The lowest BCUT2D eigenvalue weighted by Gasteiger charge is -2.36. The van der Waals surface area contributed by atoms with Crippen molar-refractivity contribution >= 4 is 34.8 Å². The lowest BCUT2D eigenvalue weighted by atomic mass is 10.1. The van der Waals surface area contributed by atoms with Crippen molar-refractivity contribution in [3.8, 4) is 0 Å². The zero-order chi connectivity index (χ0) is 20.1. The van der Waals surface area contributed by atoms with Crippen molar-refractivity contribution in [2.45, 2.75) is 6.92 Å². The topological polar surface area (TPSA) is 64.7 Å². The molecular weight excluding hydrogens is 376 g/mol. The number of amides is 2. The van der Waals surface area contributed by atoms with Crippen LogP contribution >= 0.6 is 11.6 Å². The number of nitrogens with zero attached hydrogens (tertiary/aromatic N) is 2. The number of nitrogens with one attached hydrogen (secondary N) is 2. The molecule has 7 heteroatoms. The van der Waals surface area contributed by atoms with Gasteiger partial charge in [-0.1, -0.05) is 17.7 Å². The number of carbonyl (C=O) groups excluding carboxylic acids is 2. The normalized spacial score (nSPS) is 14.6. The average molecular weight is 401 g/mol. The van der Waals surface area contributed by atoms with Crippen molar-refractivity contribution in [2.24, 2.45) is 0 Å². The number of hydrogen-bond acceptors (Lipinski definition) is 4. The van der Waals surface area contributed by atoms with Crippen LogP contribution in [0.5, 0.6) is 0 Å². The van der Waals surface area contributed by atoms with Crippen LogP contribution in [0.1, 0.15) is 15.9 Å². The maximum Gasteiger partial charge on any atom is 0.251 e. The molecular formula is C21H25ClN4O2. The molecule has 3 rings (SSSR count). The average Bonchev–Trinajstić information content (AvgIpc) is 2.70. The summed E-state index contributed by atoms with van der Waals surface area (Å²) in [4.78, 5) is 28.4. The maximum absolute atomic E-state index is 12.3. The van der Waals surface area contributed by atoms with Gasteiger partial charge in [0.2, 0.25) is 5.91 Å². The van der Waals surface area contributed by atoms with E-state index in [0.29, 0.717) is 17.8 Å². The molecule has 2 aromatic carbocycles. The van der Waals surface area contributed by atoms with E-state index < -0.39 is 0 Å². The van der Waals surface area contributed by atoms with Crippen LogP contribution in [0, 0.1) is 6.92 Å². The van der Waals surface area contributed by atoms with E-state index in [-0.39, 0.29) is 11.8 Å². The number of aryl methyl sites for hydroxylation is 1. The van der Waals surface area contributed by atoms with Crippen LogP contribution in [-0.4, -0.2) is 56.5 Å². The minimum Gasteiger partial charge on any atom is -0.369 e. The molecule has 2 N–H and O–H groups in total. The van der Waals surface area contributed by atoms with Crippen LogP contribution in [0.4, 0.5) is 11.4 Å². The minimum atomic E-state index is -0.148. The van der Waals surface area contributed by atoms with E-state index in [1.807, 2.05) is 18.2 Å². The fourth-order valence-corrected chi connectivity index (χ4v) is 3.49. The summed E-state index contributed by atoms with van der Waals surface area (Å²) in [6.07, 6.45) is 0. The fourth-order valence-electron chi connectivity index (χ4n) is 3.32. The van der Waals surface area contributed by atoms with Crippen LogP contribution in [0.3, 0.4) is 0 Å². The lowest BCUT2D eigenvalue weighted by molar-refractivity contribution is -0.117. The number of carbonyl (C=O) groups is 2. The van der Waals surface area contributed by atoms with E-state index >= 15 is 0 Å². The van der Waals surface area contributed by atoms with Crippen molar-refractivity contribution in [1.82, 2.24) is 10.2 Å². The first-order valence-electron chi connectivity index (χ1n) is 9.31. The molecule has 0 saturated carbocycles. The van der Waals surface area contributed by atoms with Gasteiger partial charge in [0, 0.05) is 55.2 Å². The van der Waals surface area contributed by atoms with Crippen LogP contribution in [0.15, 0.2) is 42.5 Å². The van der Waals surface area contributed by atoms with Crippen molar-refractivity contribution < 1.29 is 9.59 Å². The molecule has 6 nitrogen and oxygen atoms in total. The zero-order valence-corrected chi connectivity index (χ0v) is 16.9. The molecule has 2 amide bonds. The predicted molar refractivity (Wildman–Crippen MR) is 113 cm³/mol. The summed E-state index contributed by atoms with van der Waals surface area (Å²) in [5.41, 5.74) is 3.61. The third kappa shape index (κ3) is 5.03. The predicted octanol–water partition coefficient (Wildman–Crippen LogP) is 2.77. The third-order valence-corrected chi connectivity index (χ3v) is 5.14. The van der Waals surface area contributed by atoms with Gasteiger partial charge in [-0.2, -0.15) is 0 Å². The number of halogens is 1. The van der Waals surface area contributed by atoms with Crippen molar-refractivity contribution in [1.29, 1.82) is 0 Å². The second kappa shape index (κ2) is 9.08. The summed E-state index contributed by atoms with van der Waals surface area (Å²) >= 11 is 6.13. The molecule has 1 saturated heterocycles. The molecule has 1 heterocycles. The number of anilines is 2. The number of benzene rings is 2. The highest BCUT2D eigenvalue weighted by Crippen LogP contribution is 2.25. The highest BCUT2D eigenvalue weighted by Gasteiger charge is 2.20. The van der Waals surface area contributed by atoms with Gasteiger partial charge >= 0.3 is 0 Å². The molecule has 0 bridgehead atoms. The first-order chi connectivity index (χ1) is 13.5. The Morgan fingerprint density at radius 2 is 1.71 bits per heavy atom. The number of piperazine rings is 1. The molecule has 1 aliphatic rings. The van der Waals surface area contributed by atoms with E-state index in [1.54, 1.807) is 31.3 Å². The van der Waals surface area contributed by atoms with Crippen molar-refractivity contribution in [2.75, 3.05) is 50.0 Å². The molecule has 0 atom stereocenters. The van der Waals surface area contributed by atoms with E-state index in [9.17, 15) is 9.59 Å². The molecule has 0 aromatic heterocycles. The van der Waals surface area contributed by atoms with Gasteiger partial charge in [-0.3, -0.25) is 14.5 Å². The number of hydrogen-bond donors (Lipinski definition) is 2. The number of rotatable bonds is 5. The van der Waals surface area contributed by atoms with E-state index in [4.69, 9.17) is 11.6 Å². The highest BCUT2D eigenvalue weighted by molar-refractivity contribution is 6.30. The summed E-state index contributed by atoms with van der Waals surface area (Å²) in [5, 5.41) is 6.20.